The molecule has 0 fully saturated rings. The first-order chi connectivity index (χ1) is 9.10. The summed E-state index contributed by atoms with van der Waals surface area (Å²) in [6.45, 7) is 7.43. The van der Waals surface area contributed by atoms with E-state index in [0.29, 0.717) is 11.1 Å². The normalized spacial score (nSPS) is 16.1. The van der Waals surface area contributed by atoms with Gasteiger partial charge in [-0.15, -0.1) is 5.06 Å². The number of imide groups is 1. The Morgan fingerprint density at radius 1 is 1.11 bits per heavy atom. The van der Waals surface area contributed by atoms with Crippen LogP contribution in [-0.4, -0.2) is 41.1 Å². The molecule has 5 nitrogen and oxygen atoms in total. The van der Waals surface area contributed by atoms with Crippen LogP contribution in [0.25, 0.3) is 0 Å². The van der Waals surface area contributed by atoms with Crippen LogP contribution in [0, 0.1) is 0 Å². The zero-order valence-corrected chi connectivity index (χ0v) is 11.4. The third-order valence-electron chi connectivity index (χ3n) is 3.34. The van der Waals surface area contributed by atoms with Gasteiger partial charge in [0.1, 0.15) is 6.23 Å². The number of hydrogen-bond donors (Lipinski definition) is 0. The summed E-state index contributed by atoms with van der Waals surface area (Å²) < 4.78 is 0. The molecule has 1 aromatic carbocycles. The second kappa shape index (κ2) is 5.50. The van der Waals surface area contributed by atoms with Gasteiger partial charge in [0.25, 0.3) is 11.8 Å². The fourth-order valence-electron chi connectivity index (χ4n) is 2.22. The molecule has 0 saturated carbocycles. The number of benzene rings is 1. The maximum Gasteiger partial charge on any atom is 0.285 e. The van der Waals surface area contributed by atoms with Crippen molar-refractivity contribution in [3.8, 4) is 0 Å². The summed E-state index contributed by atoms with van der Waals surface area (Å²) in [7, 11) is 0. The Balaban J connectivity index is 2.16. The van der Waals surface area contributed by atoms with Crippen molar-refractivity contribution in [3.63, 3.8) is 0 Å². The Bertz CT molecular complexity index is 462. The van der Waals surface area contributed by atoms with Crippen molar-refractivity contribution in [2.75, 3.05) is 13.1 Å². The summed E-state index contributed by atoms with van der Waals surface area (Å²) >= 11 is 0. The highest BCUT2D eigenvalue weighted by Crippen LogP contribution is 2.23. The second-order valence-corrected chi connectivity index (χ2v) is 4.38. The third-order valence-corrected chi connectivity index (χ3v) is 3.34. The minimum absolute atomic E-state index is 0.322. The predicted molar refractivity (Wildman–Crippen MR) is 70.4 cm³/mol. The molecule has 1 aromatic rings. The van der Waals surface area contributed by atoms with Gasteiger partial charge >= 0.3 is 0 Å². The summed E-state index contributed by atoms with van der Waals surface area (Å²) in [4.78, 5) is 31.7. The smallest absolute Gasteiger partial charge is 0.277 e. The molecule has 1 atom stereocenters. The zero-order chi connectivity index (χ0) is 14.0. The highest BCUT2D eigenvalue weighted by Gasteiger charge is 2.37. The summed E-state index contributed by atoms with van der Waals surface area (Å²) in [6, 6.07) is 6.75. The molecule has 1 unspecified atom stereocenters. The van der Waals surface area contributed by atoms with E-state index in [-0.39, 0.29) is 18.0 Å². The van der Waals surface area contributed by atoms with Gasteiger partial charge in [-0.1, -0.05) is 26.0 Å². The van der Waals surface area contributed by atoms with Crippen LogP contribution in [0.3, 0.4) is 0 Å². The Morgan fingerprint density at radius 3 is 2.00 bits per heavy atom. The van der Waals surface area contributed by atoms with Crippen LogP contribution in [0.15, 0.2) is 24.3 Å². The Morgan fingerprint density at radius 2 is 1.58 bits per heavy atom. The molecule has 2 amide bonds. The van der Waals surface area contributed by atoms with Gasteiger partial charge in [-0.25, -0.2) is 4.84 Å². The fraction of sp³-hybridized carbons (Fsp3) is 0.429. The van der Waals surface area contributed by atoms with Crippen LogP contribution in [0.1, 0.15) is 41.5 Å². The van der Waals surface area contributed by atoms with Gasteiger partial charge in [-0.05, 0) is 32.1 Å². The van der Waals surface area contributed by atoms with E-state index in [0.717, 1.165) is 18.2 Å². The van der Waals surface area contributed by atoms with Crippen LogP contribution in [0.2, 0.25) is 0 Å². The molecule has 5 heteroatoms. The van der Waals surface area contributed by atoms with Crippen molar-refractivity contribution in [1.29, 1.82) is 0 Å². The highest BCUT2D eigenvalue weighted by atomic mass is 16.7. The molecule has 1 aliphatic heterocycles. The lowest BCUT2D eigenvalue weighted by Crippen LogP contribution is -2.42. The topological polar surface area (TPSA) is 49.9 Å². The van der Waals surface area contributed by atoms with E-state index in [1.165, 1.54) is 0 Å². The van der Waals surface area contributed by atoms with Gasteiger partial charge in [-0.3, -0.25) is 14.5 Å². The number of nitrogens with zero attached hydrogens (tertiary/aromatic N) is 2. The van der Waals surface area contributed by atoms with E-state index in [4.69, 9.17) is 4.84 Å². The average molecular weight is 262 g/mol. The molecular weight excluding hydrogens is 244 g/mol. The summed E-state index contributed by atoms with van der Waals surface area (Å²) in [5.74, 6) is -0.779. The van der Waals surface area contributed by atoms with Crippen molar-refractivity contribution in [1.82, 2.24) is 9.96 Å². The summed E-state index contributed by atoms with van der Waals surface area (Å²) in [5.41, 5.74) is 0.804. The molecule has 0 N–H and O–H groups in total. The predicted octanol–water partition coefficient (Wildman–Crippen LogP) is 1.90. The molecule has 0 aliphatic carbocycles. The van der Waals surface area contributed by atoms with Crippen molar-refractivity contribution in [2.24, 2.45) is 0 Å². The largest absolute Gasteiger partial charge is 0.285 e. The maximum atomic E-state index is 12.1. The quantitative estimate of drug-likeness (QED) is 0.600. The second-order valence-electron chi connectivity index (χ2n) is 4.38. The first-order valence-electron chi connectivity index (χ1n) is 6.48. The average Bonchev–Trinajstić information content (AvgIpc) is 2.66. The number of rotatable bonds is 5. The summed E-state index contributed by atoms with van der Waals surface area (Å²) in [5, 5.41) is 0.869. The zero-order valence-electron chi connectivity index (χ0n) is 11.4. The molecule has 2 rings (SSSR count). The van der Waals surface area contributed by atoms with E-state index < -0.39 is 0 Å². The van der Waals surface area contributed by atoms with Gasteiger partial charge in [0.2, 0.25) is 0 Å². The molecule has 1 aliphatic rings. The van der Waals surface area contributed by atoms with Gasteiger partial charge < -0.3 is 0 Å². The molecule has 1 heterocycles. The van der Waals surface area contributed by atoms with Crippen molar-refractivity contribution in [2.45, 2.75) is 27.0 Å². The minimum Gasteiger partial charge on any atom is -0.277 e. The molecular formula is C14H18N2O3. The Labute approximate surface area is 112 Å². The molecule has 0 spiro atoms. The maximum absolute atomic E-state index is 12.1. The molecule has 0 radical (unpaired) electrons. The molecule has 102 valence electrons. The van der Waals surface area contributed by atoms with Crippen molar-refractivity contribution >= 4 is 11.8 Å². The lowest BCUT2D eigenvalue weighted by Gasteiger charge is -2.28. The number of carbonyl (C=O) groups is 2. The van der Waals surface area contributed by atoms with Crippen molar-refractivity contribution < 1.29 is 14.4 Å². The fourth-order valence-corrected chi connectivity index (χ4v) is 2.22. The molecule has 0 bridgehead atoms. The van der Waals surface area contributed by atoms with Crippen LogP contribution >= 0.6 is 0 Å². The van der Waals surface area contributed by atoms with E-state index in [1.54, 1.807) is 24.3 Å². The van der Waals surface area contributed by atoms with Crippen LogP contribution in [-0.2, 0) is 4.84 Å². The van der Waals surface area contributed by atoms with Crippen LogP contribution in [0.5, 0.6) is 0 Å². The standard InChI is InChI=1S/C14H18N2O3/c1-4-15(5-2)10(3)19-16-13(17)11-8-6-7-9-12(11)14(16)18/h6-10H,4-5H2,1-3H3. The monoisotopic (exact) mass is 262 g/mol. The van der Waals surface area contributed by atoms with Gasteiger partial charge in [0.05, 0.1) is 11.1 Å². The number of hydrogen-bond acceptors (Lipinski definition) is 4. The molecule has 19 heavy (non-hydrogen) atoms. The number of carbonyl (C=O) groups excluding carboxylic acids is 2. The molecule has 0 saturated heterocycles. The number of fused-ring (bicyclic) bond motifs is 1. The van der Waals surface area contributed by atoms with Gasteiger partial charge in [0, 0.05) is 0 Å². The van der Waals surface area contributed by atoms with E-state index in [9.17, 15) is 9.59 Å². The minimum atomic E-state index is -0.389. The van der Waals surface area contributed by atoms with Gasteiger partial charge in [-0.2, -0.15) is 0 Å². The SMILES string of the molecule is CCN(CC)C(C)ON1C(=O)c2ccccc2C1=O. The van der Waals surface area contributed by atoms with Crippen LogP contribution in [0.4, 0.5) is 0 Å². The van der Waals surface area contributed by atoms with E-state index in [2.05, 4.69) is 0 Å². The molecule has 0 aromatic heterocycles. The van der Waals surface area contributed by atoms with Crippen LogP contribution < -0.4 is 0 Å². The summed E-state index contributed by atoms with van der Waals surface area (Å²) in [6.07, 6.45) is -0.322. The lowest BCUT2D eigenvalue weighted by molar-refractivity contribution is -0.174. The first-order valence-corrected chi connectivity index (χ1v) is 6.48. The first kappa shape index (κ1) is 13.7. The van der Waals surface area contributed by atoms with E-state index >= 15 is 0 Å². The Kier molecular flexibility index (Phi) is 3.97. The van der Waals surface area contributed by atoms with Crippen molar-refractivity contribution in [3.05, 3.63) is 35.4 Å². The Hall–Kier alpha value is -1.72. The highest BCUT2D eigenvalue weighted by molar-refractivity contribution is 6.20. The third kappa shape index (κ3) is 2.39. The number of amides is 2. The van der Waals surface area contributed by atoms with E-state index in [1.807, 2.05) is 25.7 Å². The lowest BCUT2D eigenvalue weighted by atomic mass is 10.1. The van der Waals surface area contributed by atoms with Gasteiger partial charge in [0.15, 0.2) is 0 Å². The number of hydroxylamine groups is 2.